The van der Waals surface area contributed by atoms with Gasteiger partial charge in [-0.2, -0.15) is 0 Å². The van der Waals surface area contributed by atoms with Crippen molar-refractivity contribution in [3.63, 3.8) is 0 Å². The molecule has 36 heavy (non-hydrogen) atoms. The van der Waals surface area contributed by atoms with Gasteiger partial charge in [0, 0.05) is 23.3 Å². The lowest BCUT2D eigenvalue weighted by Gasteiger charge is -2.25. The SMILES string of the molecule is O=C(CN(Cc1ccc(Cl)cc1)C(=O)CN1C(=O)C(=O)c2ccccc21)Nc1ccc2c(c1)OCO2. The molecule has 3 aromatic rings. The minimum Gasteiger partial charge on any atom is -0.454 e. The van der Waals surface area contributed by atoms with Gasteiger partial charge in [0.1, 0.15) is 13.1 Å². The van der Waals surface area contributed by atoms with Crippen molar-refractivity contribution < 1.29 is 28.7 Å². The summed E-state index contributed by atoms with van der Waals surface area (Å²) >= 11 is 5.98. The number of Topliss-reactive ketones (excluding diaryl/α,β-unsaturated/α-hetero) is 1. The molecule has 3 aromatic carbocycles. The maximum Gasteiger partial charge on any atom is 0.299 e. The molecule has 0 spiro atoms. The fourth-order valence-corrected chi connectivity index (χ4v) is 4.16. The number of ether oxygens (including phenoxy) is 2. The van der Waals surface area contributed by atoms with Crippen LogP contribution >= 0.6 is 11.6 Å². The molecular weight excluding hydrogens is 486 g/mol. The lowest BCUT2D eigenvalue weighted by Crippen LogP contribution is -2.45. The molecule has 0 saturated carbocycles. The van der Waals surface area contributed by atoms with Crippen LogP contribution in [0.25, 0.3) is 0 Å². The lowest BCUT2D eigenvalue weighted by molar-refractivity contribution is -0.134. The van der Waals surface area contributed by atoms with Gasteiger partial charge < -0.3 is 19.7 Å². The summed E-state index contributed by atoms with van der Waals surface area (Å²) in [4.78, 5) is 53.6. The zero-order valence-corrected chi connectivity index (χ0v) is 19.7. The van der Waals surface area contributed by atoms with Crippen LogP contribution in [0.2, 0.25) is 5.02 Å². The van der Waals surface area contributed by atoms with E-state index in [-0.39, 0.29) is 32.0 Å². The molecule has 2 aliphatic heterocycles. The Hall–Kier alpha value is -4.37. The first-order valence-electron chi connectivity index (χ1n) is 11.1. The first-order chi connectivity index (χ1) is 17.4. The first-order valence-corrected chi connectivity index (χ1v) is 11.4. The topological polar surface area (TPSA) is 105 Å². The van der Waals surface area contributed by atoms with Gasteiger partial charge in [0.25, 0.3) is 11.7 Å². The van der Waals surface area contributed by atoms with E-state index in [0.29, 0.717) is 27.9 Å². The molecule has 0 aromatic heterocycles. The minimum absolute atomic E-state index is 0.0994. The van der Waals surface area contributed by atoms with Gasteiger partial charge in [-0.3, -0.25) is 24.1 Å². The molecule has 3 amide bonds. The lowest BCUT2D eigenvalue weighted by atomic mass is 10.1. The van der Waals surface area contributed by atoms with Crippen LogP contribution < -0.4 is 19.7 Å². The molecule has 2 aliphatic rings. The number of ketones is 1. The van der Waals surface area contributed by atoms with Crippen LogP contribution in [-0.4, -0.2) is 48.3 Å². The number of para-hydroxylation sites is 1. The highest BCUT2D eigenvalue weighted by Crippen LogP contribution is 2.34. The third kappa shape index (κ3) is 4.73. The second-order valence-electron chi connectivity index (χ2n) is 8.23. The molecule has 10 heteroatoms. The Morgan fingerprint density at radius 2 is 1.72 bits per heavy atom. The molecule has 5 rings (SSSR count). The molecule has 0 atom stereocenters. The van der Waals surface area contributed by atoms with Gasteiger partial charge >= 0.3 is 0 Å². The van der Waals surface area contributed by atoms with Crippen LogP contribution in [0.4, 0.5) is 11.4 Å². The van der Waals surface area contributed by atoms with E-state index in [4.69, 9.17) is 21.1 Å². The van der Waals surface area contributed by atoms with Crippen LogP contribution in [0.3, 0.4) is 0 Å². The fourth-order valence-electron chi connectivity index (χ4n) is 4.03. The highest BCUT2D eigenvalue weighted by atomic mass is 35.5. The van der Waals surface area contributed by atoms with E-state index in [1.165, 1.54) is 4.90 Å². The van der Waals surface area contributed by atoms with E-state index in [9.17, 15) is 19.2 Å². The molecule has 0 bridgehead atoms. The molecule has 0 fully saturated rings. The molecule has 182 valence electrons. The number of fused-ring (bicyclic) bond motifs is 2. The molecule has 2 heterocycles. The van der Waals surface area contributed by atoms with Crippen molar-refractivity contribution >= 4 is 46.5 Å². The average molecular weight is 506 g/mol. The number of halogens is 1. The van der Waals surface area contributed by atoms with E-state index >= 15 is 0 Å². The Balaban J connectivity index is 1.34. The zero-order valence-electron chi connectivity index (χ0n) is 18.9. The summed E-state index contributed by atoms with van der Waals surface area (Å²) in [7, 11) is 0. The summed E-state index contributed by atoms with van der Waals surface area (Å²) in [6.45, 7) is -0.459. The Bertz CT molecular complexity index is 1370. The maximum atomic E-state index is 13.4. The molecule has 0 radical (unpaired) electrons. The molecular formula is C26H20ClN3O6. The normalized spacial score (nSPS) is 13.5. The second kappa shape index (κ2) is 9.71. The van der Waals surface area contributed by atoms with Gasteiger partial charge in [-0.25, -0.2) is 0 Å². The van der Waals surface area contributed by atoms with Crippen molar-refractivity contribution in [1.82, 2.24) is 4.90 Å². The third-order valence-corrected chi connectivity index (χ3v) is 6.05. The molecule has 0 aliphatic carbocycles. The molecule has 1 N–H and O–H groups in total. The van der Waals surface area contributed by atoms with E-state index in [1.54, 1.807) is 66.7 Å². The minimum atomic E-state index is -0.777. The smallest absolute Gasteiger partial charge is 0.299 e. The summed E-state index contributed by atoms with van der Waals surface area (Å²) in [5.41, 5.74) is 1.85. The summed E-state index contributed by atoms with van der Waals surface area (Å²) < 4.78 is 10.6. The van der Waals surface area contributed by atoms with Crippen LogP contribution in [-0.2, 0) is 20.9 Å². The van der Waals surface area contributed by atoms with Crippen molar-refractivity contribution in [3.8, 4) is 11.5 Å². The van der Waals surface area contributed by atoms with Crippen molar-refractivity contribution in [2.45, 2.75) is 6.54 Å². The summed E-state index contributed by atoms with van der Waals surface area (Å²) in [6.07, 6.45) is 0. The predicted octanol–water partition coefficient (Wildman–Crippen LogP) is 3.27. The average Bonchev–Trinajstić information content (AvgIpc) is 3.43. The van der Waals surface area contributed by atoms with Gasteiger partial charge in [0.05, 0.1) is 11.3 Å². The van der Waals surface area contributed by atoms with Gasteiger partial charge in [-0.15, -0.1) is 0 Å². The van der Waals surface area contributed by atoms with E-state index in [1.807, 2.05) is 0 Å². The fraction of sp³-hybridized carbons (Fsp3) is 0.154. The zero-order chi connectivity index (χ0) is 25.2. The Kier molecular flexibility index (Phi) is 6.30. The summed E-state index contributed by atoms with van der Waals surface area (Å²) in [5.74, 6) is -1.29. The number of nitrogens with zero attached hydrogens (tertiary/aromatic N) is 2. The van der Waals surface area contributed by atoms with Gasteiger partial charge in [-0.1, -0.05) is 35.9 Å². The summed E-state index contributed by atoms with van der Waals surface area (Å²) in [6, 6.07) is 18.4. The number of rotatable bonds is 7. The van der Waals surface area contributed by atoms with Crippen molar-refractivity contribution in [2.75, 3.05) is 30.1 Å². The first kappa shape index (κ1) is 23.4. The quantitative estimate of drug-likeness (QED) is 0.494. The third-order valence-electron chi connectivity index (χ3n) is 5.80. The second-order valence-corrected chi connectivity index (χ2v) is 8.67. The van der Waals surface area contributed by atoms with Crippen molar-refractivity contribution in [3.05, 3.63) is 82.9 Å². The maximum absolute atomic E-state index is 13.4. The number of amides is 3. The van der Waals surface area contributed by atoms with Crippen LogP contribution in [0.1, 0.15) is 15.9 Å². The Labute approximate surface area is 211 Å². The number of anilines is 2. The number of benzene rings is 3. The van der Waals surface area contributed by atoms with E-state index in [2.05, 4.69) is 5.32 Å². The number of carbonyl (C=O) groups is 4. The Morgan fingerprint density at radius 3 is 2.53 bits per heavy atom. The Morgan fingerprint density at radius 1 is 0.972 bits per heavy atom. The predicted molar refractivity (Wildman–Crippen MR) is 131 cm³/mol. The standard InChI is InChI=1S/C26H20ClN3O6/c27-17-7-5-16(6-8-17)12-29(13-23(31)28-18-9-10-21-22(11-18)36-15-35-21)24(32)14-30-20-4-2-1-3-19(20)25(33)26(30)34/h1-11H,12-15H2,(H,28,31). The molecule has 0 saturated heterocycles. The highest BCUT2D eigenvalue weighted by molar-refractivity contribution is 6.52. The molecule has 9 nitrogen and oxygen atoms in total. The largest absolute Gasteiger partial charge is 0.454 e. The van der Waals surface area contributed by atoms with Crippen LogP contribution in [0, 0.1) is 0 Å². The van der Waals surface area contributed by atoms with E-state index < -0.39 is 23.5 Å². The van der Waals surface area contributed by atoms with E-state index in [0.717, 1.165) is 10.5 Å². The monoisotopic (exact) mass is 505 g/mol. The highest BCUT2D eigenvalue weighted by Gasteiger charge is 2.37. The van der Waals surface area contributed by atoms with Gasteiger partial charge in [-0.05, 0) is 42.0 Å². The number of nitrogens with one attached hydrogen (secondary N) is 1. The number of hydrogen-bond donors (Lipinski definition) is 1. The van der Waals surface area contributed by atoms with Gasteiger partial charge in [0.2, 0.25) is 18.6 Å². The number of hydrogen-bond acceptors (Lipinski definition) is 6. The molecule has 0 unspecified atom stereocenters. The van der Waals surface area contributed by atoms with Gasteiger partial charge in [0.15, 0.2) is 11.5 Å². The van der Waals surface area contributed by atoms with Crippen molar-refractivity contribution in [2.24, 2.45) is 0 Å². The number of carbonyl (C=O) groups excluding carboxylic acids is 4. The summed E-state index contributed by atoms with van der Waals surface area (Å²) in [5, 5.41) is 3.29. The van der Waals surface area contributed by atoms with Crippen LogP contribution in [0.5, 0.6) is 11.5 Å². The van der Waals surface area contributed by atoms with Crippen LogP contribution in [0.15, 0.2) is 66.7 Å². The van der Waals surface area contributed by atoms with Crippen molar-refractivity contribution in [1.29, 1.82) is 0 Å².